The highest BCUT2D eigenvalue weighted by molar-refractivity contribution is 7.13. The van der Waals surface area contributed by atoms with E-state index in [4.69, 9.17) is 0 Å². The Labute approximate surface area is 147 Å². The van der Waals surface area contributed by atoms with Crippen molar-refractivity contribution in [3.05, 3.63) is 65.3 Å². The molecule has 0 radical (unpaired) electrons. The molecule has 0 unspecified atom stereocenters. The summed E-state index contributed by atoms with van der Waals surface area (Å²) in [5.74, 6) is -1.26. The molecule has 25 heavy (non-hydrogen) atoms. The van der Waals surface area contributed by atoms with Gasteiger partial charge in [0.05, 0.1) is 11.9 Å². The van der Waals surface area contributed by atoms with E-state index >= 15 is 0 Å². The zero-order valence-electron chi connectivity index (χ0n) is 13.1. The Kier molecular flexibility index (Phi) is 5.42. The van der Waals surface area contributed by atoms with Crippen LogP contribution < -0.4 is 5.32 Å². The van der Waals surface area contributed by atoms with Gasteiger partial charge in [0.25, 0.3) is 5.91 Å². The average molecular weight is 358 g/mol. The number of halogens is 1. The molecule has 8 heteroatoms. The summed E-state index contributed by atoms with van der Waals surface area (Å²) in [5.41, 5.74) is 1.45. The van der Waals surface area contributed by atoms with E-state index in [0.717, 1.165) is 10.7 Å². The lowest BCUT2D eigenvalue weighted by Crippen LogP contribution is -2.31. The third-order valence-corrected chi connectivity index (χ3v) is 4.38. The maximum absolute atomic E-state index is 13.6. The van der Waals surface area contributed by atoms with Crippen LogP contribution in [-0.4, -0.2) is 32.5 Å². The van der Waals surface area contributed by atoms with Gasteiger partial charge in [-0.2, -0.15) is 0 Å². The number of amides is 1. The van der Waals surface area contributed by atoms with Gasteiger partial charge in [0.1, 0.15) is 16.5 Å². The minimum Gasteiger partial charge on any atom is -0.378 e. The molecule has 0 aliphatic carbocycles. The Hall–Kier alpha value is -2.71. The number of carbonyl (C=O) groups is 1. The van der Waals surface area contributed by atoms with Crippen molar-refractivity contribution in [1.82, 2.24) is 20.3 Å². The summed E-state index contributed by atoms with van der Waals surface area (Å²) in [6.45, 7) is 0.286. The van der Waals surface area contributed by atoms with E-state index in [1.54, 1.807) is 24.7 Å². The summed E-state index contributed by atoms with van der Waals surface area (Å²) in [4.78, 5) is 24.6. The van der Waals surface area contributed by atoms with Crippen LogP contribution >= 0.6 is 11.3 Å². The van der Waals surface area contributed by atoms with E-state index in [0.29, 0.717) is 12.1 Å². The second kappa shape index (κ2) is 7.91. The number of rotatable bonds is 6. The van der Waals surface area contributed by atoms with Crippen LogP contribution in [0.2, 0.25) is 0 Å². The van der Waals surface area contributed by atoms with Gasteiger partial charge in [0.15, 0.2) is 6.10 Å². The lowest BCUT2D eigenvalue weighted by atomic mass is 10.1. The average Bonchev–Trinajstić information content (AvgIpc) is 3.11. The predicted octanol–water partition coefficient (Wildman–Crippen LogP) is 2.13. The number of aliphatic hydroxyl groups excluding tert-OH is 1. The molecule has 6 nitrogen and oxygen atoms in total. The Morgan fingerprint density at radius 3 is 2.92 bits per heavy atom. The molecule has 3 rings (SSSR count). The third kappa shape index (κ3) is 4.23. The highest BCUT2D eigenvalue weighted by Crippen LogP contribution is 2.21. The maximum Gasteiger partial charge on any atom is 0.253 e. The van der Waals surface area contributed by atoms with Crippen LogP contribution in [0, 0.1) is 5.82 Å². The zero-order valence-corrected chi connectivity index (χ0v) is 13.9. The fraction of sp³-hybridized carbons (Fsp3) is 0.176. The molecule has 1 amide bonds. The summed E-state index contributed by atoms with van der Waals surface area (Å²) in [7, 11) is 0. The van der Waals surface area contributed by atoms with Crippen molar-refractivity contribution in [2.75, 3.05) is 6.54 Å². The quantitative estimate of drug-likeness (QED) is 0.705. The molecule has 2 N–H and O–H groups in total. The van der Waals surface area contributed by atoms with Crippen LogP contribution in [0.5, 0.6) is 0 Å². The van der Waals surface area contributed by atoms with E-state index in [-0.39, 0.29) is 12.1 Å². The van der Waals surface area contributed by atoms with Crippen LogP contribution in [0.15, 0.2) is 48.2 Å². The van der Waals surface area contributed by atoms with Crippen molar-refractivity contribution in [3.8, 4) is 10.7 Å². The molecule has 0 saturated heterocycles. The first-order valence-corrected chi connectivity index (χ1v) is 8.44. The van der Waals surface area contributed by atoms with Gasteiger partial charge in [0, 0.05) is 36.3 Å². The standard InChI is InChI=1S/C17H15FN4O2S/c18-13-4-2-1-3-12(13)15(23)16(24)21-6-5-11-10-25-17(22-11)14-9-19-7-8-20-14/h1-4,7-10,15,23H,5-6H2,(H,21,24)/t15-/m1/s1. The molecule has 0 fully saturated rings. The number of thiazole rings is 1. The van der Waals surface area contributed by atoms with Gasteiger partial charge in [-0.25, -0.2) is 9.37 Å². The molecule has 128 valence electrons. The Morgan fingerprint density at radius 1 is 1.32 bits per heavy atom. The highest BCUT2D eigenvalue weighted by atomic mass is 32.1. The SMILES string of the molecule is O=C(NCCc1csc(-c2cnccn2)n1)[C@H](O)c1ccccc1F. The van der Waals surface area contributed by atoms with Crippen molar-refractivity contribution in [1.29, 1.82) is 0 Å². The summed E-state index contributed by atoms with van der Waals surface area (Å²) in [6.07, 6.45) is 3.78. The van der Waals surface area contributed by atoms with E-state index in [2.05, 4.69) is 20.3 Å². The van der Waals surface area contributed by atoms with Gasteiger partial charge < -0.3 is 10.4 Å². The number of nitrogens with one attached hydrogen (secondary N) is 1. The van der Waals surface area contributed by atoms with Crippen molar-refractivity contribution >= 4 is 17.2 Å². The normalized spacial score (nSPS) is 11.9. The fourth-order valence-corrected chi connectivity index (χ4v) is 3.01. The molecular formula is C17H15FN4O2S. The van der Waals surface area contributed by atoms with Gasteiger partial charge in [0.2, 0.25) is 0 Å². The number of hydrogen-bond acceptors (Lipinski definition) is 6. The van der Waals surface area contributed by atoms with E-state index in [1.807, 2.05) is 5.38 Å². The van der Waals surface area contributed by atoms with Crippen molar-refractivity contribution < 1.29 is 14.3 Å². The van der Waals surface area contributed by atoms with Gasteiger partial charge in [-0.05, 0) is 6.07 Å². The smallest absolute Gasteiger partial charge is 0.253 e. The summed E-state index contributed by atoms with van der Waals surface area (Å²) in [6, 6.07) is 5.65. The predicted molar refractivity (Wildman–Crippen MR) is 91.2 cm³/mol. The number of benzene rings is 1. The van der Waals surface area contributed by atoms with Crippen molar-refractivity contribution in [2.45, 2.75) is 12.5 Å². The summed E-state index contributed by atoms with van der Waals surface area (Å²) < 4.78 is 13.6. The second-order valence-electron chi connectivity index (χ2n) is 5.20. The van der Waals surface area contributed by atoms with Crippen molar-refractivity contribution in [3.63, 3.8) is 0 Å². The molecule has 2 heterocycles. The first kappa shape index (κ1) is 17.1. The van der Waals surface area contributed by atoms with E-state index in [9.17, 15) is 14.3 Å². The Balaban J connectivity index is 1.54. The van der Waals surface area contributed by atoms with Gasteiger partial charge in [-0.1, -0.05) is 18.2 Å². The monoisotopic (exact) mass is 358 g/mol. The van der Waals surface area contributed by atoms with Crippen LogP contribution in [0.1, 0.15) is 17.4 Å². The number of carbonyl (C=O) groups excluding carboxylic acids is 1. The molecule has 2 aromatic heterocycles. The molecular weight excluding hydrogens is 343 g/mol. The van der Waals surface area contributed by atoms with Gasteiger partial charge >= 0.3 is 0 Å². The van der Waals surface area contributed by atoms with E-state index in [1.165, 1.54) is 29.5 Å². The summed E-state index contributed by atoms with van der Waals surface area (Å²) in [5, 5.41) is 15.2. The first-order chi connectivity index (χ1) is 12.1. The van der Waals surface area contributed by atoms with Gasteiger partial charge in [-0.3, -0.25) is 14.8 Å². The maximum atomic E-state index is 13.6. The largest absolute Gasteiger partial charge is 0.378 e. The van der Waals surface area contributed by atoms with E-state index < -0.39 is 17.8 Å². The topological polar surface area (TPSA) is 88.0 Å². The Morgan fingerprint density at radius 2 is 2.16 bits per heavy atom. The summed E-state index contributed by atoms with van der Waals surface area (Å²) >= 11 is 1.44. The van der Waals surface area contributed by atoms with Crippen LogP contribution in [-0.2, 0) is 11.2 Å². The number of hydrogen-bond donors (Lipinski definition) is 2. The minimum absolute atomic E-state index is 0.0430. The van der Waals surface area contributed by atoms with Crippen LogP contribution in [0.25, 0.3) is 10.7 Å². The molecule has 0 spiro atoms. The second-order valence-corrected chi connectivity index (χ2v) is 6.06. The Bertz CT molecular complexity index is 857. The number of nitrogens with zero attached hydrogens (tertiary/aromatic N) is 3. The lowest BCUT2D eigenvalue weighted by molar-refractivity contribution is -0.129. The molecule has 0 saturated carbocycles. The van der Waals surface area contributed by atoms with Gasteiger partial charge in [-0.15, -0.1) is 11.3 Å². The molecule has 0 aliphatic rings. The molecule has 0 aliphatic heterocycles. The number of aliphatic hydroxyl groups is 1. The fourth-order valence-electron chi connectivity index (χ4n) is 2.20. The van der Waals surface area contributed by atoms with Crippen LogP contribution in [0.3, 0.4) is 0 Å². The highest BCUT2D eigenvalue weighted by Gasteiger charge is 2.20. The molecule has 0 bridgehead atoms. The lowest BCUT2D eigenvalue weighted by Gasteiger charge is -2.12. The molecule has 1 atom stereocenters. The molecule has 3 aromatic rings. The first-order valence-electron chi connectivity index (χ1n) is 7.56. The zero-order chi connectivity index (χ0) is 17.6. The van der Waals surface area contributed by atoms with Crippen molar-refractivity contribution in [2.24, 2.45) is 0 Å². The van der Waals surface area contributed by atoms with Crippen LogP contribution in [0.4, 0.5) is 4.39 Å². The number of aromatic nitrogens is 3. The molecule has 1 aromatic carbocycles. The third-order valence-electron chi connectivity index (χ3n) is 3.46. The minimum atomic E-state index is -1.54.